The number of aromatic nitrogens is 4. The fraction of sp³-hybridized carbons (Fsp3) is 0.440. The van der Waals surface area contributed by atoms with Gasteiger partial charge in [-0.05, 0) is 49.1 Å². The number of hydrogen-bond acceptors (Lipinski definition) is 8. The first-order chi connectivity index (χ1) is 15.9. The summed E-state index contributed by atoms with van der Waals surface area (Å²) in [5.41, 5.74) is 7.73. The van der Waals surface area contributed by atoms with E-state index in [0.29, 0.717) is 12.6 Å². The van der Waals surface area contributed by atoms with Crippen LogP contribution in [0.15, 0.2) is 31.0 Å². The van der Waals surface area contributed by atoms with Gasteiger partial charge in [-0.3, -0.25) is 4.90 Å². The van der Waals surface area contributed by atoms with Crippen molar-refractivity contribution in [3.63, 3.8) is 0 Å². The molecule has 8 nitrogen and oxygen atoms in total. The standard InChI is InChI=1S/C25H32N6O2/c1-16-9-22(32-6)18(3)17(2)21(16)13-31-7-8-33-23(14-31)24-20(19-10-26-15-27-11-19)12-28-25(29-24)30(4)5/h9-12,15,23H,7-8,13-14H2,1-6H3. The highest BCUT2D eigenvalue weighted by Crippen LogP contribution is 2.33. The molecule has 8 heteroatoms. The summed E-state index contributed by atoms with van der Waals surface area (Å²) in [6.45, 7) is 9.58. The average molecular weight is 449 g/mol. The third kappa shape index (κ3) is 4.82. The van der Waals surface area contributed by atoms with Gasteiger partial charge in [-0.2, -0.15) is 0 Å². The van der Waals surface area contributed by atoms with E-state index >= 15 is 0 Å². The summed E-state index contributed by atoms with van der Waals surface area (Å²) >= 11 is 0. The van der Waals surface area contributed by atoms with Gasteiger partial charge in [0.2, 0.25) is 5.95 Å². The van der Waals surface area contributed by atoms with E-state index < -0.39 is 0 Å². The molecule has 4 rings (SSSR count). The van der Waals surface area contributed by atoms with E-state index in [2.05, 4.69) is 46.7 Å². The Labute approximate surface area is 195 Å². The maximum absolute atomic E-state index is 6.24. The predicted octanol–water partition coefficient (Wildman–Crippen LogP) is 3.51. The molecule has 1 aromatic carbocycles. The van der Waals surface area contributed by atoms with Gasteiger partial charge in [0.1, 0.15) is 18.2 Å². The van der Waals surface area contributed by atoms with Crippen molar-refractivity contribution in [3.8, 4) is 16.9 Å². The van der Waals surface area contributed by atoms with Crippen LogP contribution >= 0.6 is 0 Å². The summed E-state index contributed by atoms with van der Waals surface area (Å²) in [6, 6.07) is 2.14. The maximum atomic E-state index is 6.24. The second kappa shape index (κ2) is 9.80. The summed E-state index contributed by atoms with van der Waals surface area (Å²) in [4.78, 5) is 22.1. The number of rotatable bonds is 6. The zero-order valence-electron chi connectivity index (χ0n) is 20.3. The highest BCUT2D eigenvalue weighted by molar-refractivity contribution is 5.64. The lowest BCUT2D eigenvalue weighted by Crippen LogP contribution is -2.38. The fourth-order valence-electron chi connectivity index (χ4n) is 4.30. The highest BCUT2D eigenvalue weighted by Gasteiger charge is 2.28. The predicted molar refractivity (Wildman–Crippen MR) is 129 cm³/mol. The molecule has 0 radical (unpaired) electrons. The molecule has 1 unspecified atom stereocenters. The molecule has 1 saturated heterocycles. The molecule has 1 fully saturated rings. The van der Waals surface area contributed by atoms with Crippen molar-refractivity contribution in [2.45, 2.75) is 33.4 Å². The first-order valence-electron chi connectivity index (χ1n) is 11.2. The van der Waals surface area contributed by atoms with Gasteiger partial charge in [0.15, 0.2) is 0 Å². The van der Waals surface area contributed by atoms with Crippen LogP contribution in [0.4, 0.5) is 5.95 Å². The summed E-state index contributed by atoms with van der Waals surface area (Å²) in [7, 11) is 5.61. The average Bonchev–Trinajstić information content (AvgIpc) is 2.84. The maximum Gasteiger partial charge on any atom is 0.225 e. The molecule has 1 aliphatic heterocycles. The summed E-state index contributed by atoms with van der Waals surface area (Å²) in [5.74, 6) is 1.60. The van der Waals surface area contributed by atoms with Crippen LogP contribution in [0.25, 0.3) is 11.1 Å². The molecule has 3 aromatic rings. The minimum atomic E-state index is -0.171. The molecule has 1 aliphatic rings. The minimum Gasteiger partial charge on any atom is -0.496 e. The van der Waals surface area contributed by atoms with Crippen molar-refractivity contribution in [2.24, 2.45) is 0 Å². The Balaban J connectivity index is 1.64. The van der Waals surface area contributed by atoms with Crippen LogP contribution in [-0.2, 0) is 11.3 Å². The first kappa shape index (κ1) is 23.1. The van der Waals surface area contributed by atoms with Crippen molar-refractivity contribution < 1.29 is 9.47 Å². The largest absolute Gasteiger partial charge is 0.496 e. The number of nitrogens with zero attached hydrogens (tertiary/aromatic N) is 6. The number of methoxy groups -OCH3 is 1. The molecule has 0 aliphatic carbocycles. The number of hydrogen-bond donors (Lipinski definition) is 0. The Kier molecular flexibility index (Phi) is 6.85. The quantitative estimate of drug-likeness (QED) is 0.567. The van der Waals surface area contributed by atoms with Crippen molar-refractivity contribution in [3.05, 3.63) is 58.9 Å². The first-order valence-corrected chi connectivity index (χ1v) is 11.2. The van der Waals surface area contributed by atoms with Crippen LogP contribution in [0.3, 0.4) is 0 Å². The van der Waals surface area contributed by atoms with Gasteiger partial charge < -0.3 is 14.4 Å². The van der Waals surface area contributed by atoms with Gasteiger partial charge in [0.25, 0.3) is 0 Å². The van der Waals surface area contributed by atoms with Crippen molar-refractivity contribution in [1.29, 1.82) is 0 Å². The van der Waals surface area contributed by atoms with Crippen molar-refractivity contribution in [2.75, 3.05) is 45.8 Å². The zero-order chi connectivity index (χ0) is 23.5. The Morgan fingerprint density at radius 2 is 1.88 bits per heavy atom. The van der Waals surface area contributed by atoms with Crippen molar-refractivity contribution in [1.82, 2.24) is 24.8 Å². The van der Waals surface area contributed by atoms with Gasteiger partial charge in [0.05, 0.1) is 19.4 Å². The third-order valence-corrected chi connectivity index (χ3v) is 6.34. The number of benzene rings is 1. The second-order valence-corrected chi connectivity index (χ2v) is 8.71. The van der Waals surface area contributed by atoms with Gasteiger partial charge in [-0.15, -0.1) is 0 Å². The molecule has 0 bridgehead atoms. The third-order valence-electron chi connectivity index (χ3n) is 6.34. The lowest BCUT2D eigenvalue weighted by molar-refractivity contribution is -0.0348. The summed E-state index contributed by atoms with van der Waals surface area (Å²) < 4.78 is 11.8. The fourth-order valence-corrected chi connectivity index (χ4v) is 4.30. The second-order valence-electron chi connectivity index (χ2n) is 8.71. The smallest absolute Gasteiger partial charge is 0.225 e. The van der Waals surface area contributed by atoms with Crippen LogP contribution in [0.1, 0.15) is 34.1 Å². The molecule has 3 heterocycles. The summed E-state index contributed by atoms with van der Waals surface area (Å²) in [6.07, 6.45) is 6.78. The molecule has 0 saturated carbocycles. The van der Waals surface area contributed by atoms with Crippen LogP contribution in [0.5, 0.6) is 5.75 Å². The molecular formula is C25H32N6O2. The van der Waals surface area contributed by atoms with Crippen LogP contribution in [0.2, 0.25) is 0 Å². The highest BCUT2D eigenvalue weighted by atomic mass is 16.5. The van der Waals surface area contributed by atoms with E-state index in [1.807, 2.05) is 25.2 Å². The summed E-state index contributed by atoms with van der Waals surface area (Å²) in [5, 5.41) is 0. The Morgan fingerprint density at radius 1 is 1.12 bits per heavy atom. The van der Waals surface area contributed by atoms with E-state index in [-0.39, 0.29) is 6.10 Å². The Bertz CT molecular complexity index is 1120. The Morgan fingerprint density at radius 3 is 2.58 bits per heavy atom. The van der Waals surface area contributed by atoms with Crippen molar-refractivity contribution >= 4 is 5.95 Å². The minimum absolute atomic E-state index is 0.171. The van der Waals surface area contributed by atoms with Gasteiger partial charge >= 0.3 is 0 Å². The number of aryl methyl sites for hydroxylation is 1. The molecule has 174 valence electrons. The normalized spacial score (nSPS) is 16.6. The monoisotopic (exact) mass is 448 g/mol. The lowest BCUT2D eigenvalue weighted by atomic mass is 9.96. The SMILES string of the molecule is COc1cc(C)c(CN2CCOC(c3nc(N(C)C)ncc3-c3cncnc3)C2)c(C)c1C. The van der Waals surface area contributed by atoms with Gasteiger partial charge in [-0.1, -0.05) is 0 Å². The number of ether oxygens (including phenoxy) is 2. The molecule has 0 spiro atoms. The van der Waals surface area contributed by atoms with E-state index in [1.54, 1.807) is 19.5 Å². The number of anilines is 1. The van der Waals surface area contributed by atoms with Crippen LogP contribution in [0, 0.1) is 20.8 Å². The van der Waals surface area contributed by atoms with Gasteiger partial charge in [-0.25, -0.2) is 19.9 Å². The number of morpholine rings is 1. The van der Waals surface area contributed by atoms with E-state index in [9.17, 15) is 0 Å². The van der Waals surface area contributed by atoms with E-state index in [4.69, 9.17) is 14.5 Å². The molecule has 0 N–H and O–H groups in total. The molecule has 0 amide bonds. The Hall–Kier alpha value is -3.10. The molecule has 2 aromatic heterocycles. The molecule has 1 atom stereocenters. The lowest BCUT2D eigenvalue weighted by Gasteiger charge is -2.34. The molecule has 33 heavy (non-hydrogen) atoms. The van der Waals surface area contributed by atoms with Crippen LogP contribution in [-0.4, -0.2) is 65.7 Å². The zero-order valence-corrected chi connectivity index (χ0v) is 20.3. The topological polar surface area (TPSA) is 76.5 Å². The molecular weight excluding hydrogens is 416 g/mol. The van der Waals surface area contributed by atoms with Gasteiger partial charge in [0, 0.05) is 63.4 Å². The van der Waals surface area contributed by atoms with E-state index in [1.165, 1.54) is 28.6 Å². The van der Waals surface area contributed by atoms with E-state index in [0.717, 1.165) is 42.2 Å². The van der Waals surface area contributed by atoms with Crippen LogP contribution < -0.4 is 9.64 Å².